The van der Waals surface area contributed by atoms with Crippen molar-refractivity contribution >= 4 is 17.8 Å². The molecule has 0 radical (unpaired) electrons. The van der Waals surface area contributed by atoms with E-state index in [-0.39, 0.29) is 12.1 Å². The van der Waals surface area contributed by atoms with Crippen molar-refractivity contribution in [3.05, 3.63) is 29.8 Å². The van der Waals surface area contributed by atoms with Gasteiger partial charge in [0.15, 0.2) is 0 Å². The first-order chi connectivity index (χ1) is 10.5. The van der Waals surface area contributed by atoms with Gasteiger partial charge >= 0.3 is 6.03 Å². The first-order valence-electron chi connectivity index (χ1n) is 7.93. The molecule has 2 N–H and O–H groups in total. The Balaban J connectivity index is 1.84. The second kappa shape index (κ2) is 7.88. The van der Waals surface area contributed by atoms with Crippen LogP contribution in [0.5, 0.6) is 0 Å². The average Bonchev–Trinajstić information content (AvgIpc) is 3.32. The zero-order valence-corrected chi connectivity index (χ0v) is 14.4. The fourth-order valence-electron chi connectivity index (χ4n) is 2.39. The van der Waals surface area contributed by atoms with Crippen LogP contribution >= 0.6 is 11.8 Å². The number of rotatable bonds is 7. The molecule has 1 fully saturated rings. The largest absolute Gasteiger partial charge is 0.391 e. The minimum Gasteiger partial charge on any atom is -0.391 e. The molecule has 122 valence electrons. The van der Waals surface area contributed by atoms with Gasteiger partial charge in [-0.1, -0.05) is 19.1 Å². The highest BCUT2D eigenvalue weighted by atomic mass is 32.2. The van der Waals surface area contributed by atoms with E-state index in [1.165, 1.54) is 4.90 Å². The minimum absolute atomic E-state index is 0.0475. The zero-order chi connectivity index (χ0) is 16.1. The van der Waals surface area contributed by atoms with E-state index in [1.54, 1.807) is 23.7 Å². The molecule has 0 saturated heterocycles. The predicted octanol–water partition coefficient (Wildman–Crippen LogP) is 3.27. The van der Waals surface area contributed by atoms with E-state index in [4.69, 9.17) is 0 Å². The van der Waals surface area contributed by atoms with Gasteiger partial charge in [-0.3, -0.25) is 0 Å². The minimum atomic E-state index is -0.392. The molecular weight excluding hydrogens is 296 g/mol. The van der Waals surface area contributed by atoms with Gasteiger partial charge in [0.1, 0.15) is 0 Å². The Hall–Kier alpha value is -1.20. The summed E-state index contributed by atoms with van der Waals surface area (Å²) in [5.74, 6) is 1.44. The van der Waals surface area contributed by atoms with Gasteiger partial charge in [-0.2, -0.15) is 0 Å². The van der Waals surface area contributed by atoms with E-state index >= 15 is 0 Å². The van der Waals surface area contributed by atoms with E-state index in [9.17, 15) is 9.90 Å². The summed E-state index contributed by atoms with van der Waals surface area (Å²) in [6.07, 6.45) is 1.76. The van der Waals surface area contributed by atoms with Crippen molar-refractivity contribution in [1.82, 2.24) is 10.2 Å². The smallest absolute Gasteiger partial charge is 0.317 e. The quantitative estimate of drug-likeness (QED) is 0.758. The number of nitrogens with zero attached hydrogens (tertiary/aromatic N) is 1. The zero-order valence-electron chi connectivity index (χ0n) is 13.6. The van der Waals surface area contributed by atoms with E-state index in [0.717, 1.165) is 24.2 Å². The van der Waals surface area contributed by atoms with Crippen LogP contribution in [-0.2, 0) is 0 Å². The summed E-state index contributed by atoms with van der Waals surface area (Å²) in [6, 6.07) is 8.11. The van der Waals surface area contributed by atoms with Crippen molar-refractivity contribution in [1.29, 1.82) is 0 Å². The highest BCUT2D eigenvalue weighted by Gasteiger charge is 2.31. The Kier molecular flexibility index (Phi) is 6.15. The first kappa shape index (κ1) is 17.2. The molecule has 1 saturated carbocycles. The number of benzene rings is 1. The average molecular weight is 322 g/mol. The molecule has 22 heavy (non-hydrogen) atoms. The molecule has 5 heteroatoms. The van der Waals surface area contributed by atoms with Gasteiger partial charge in [0.05, 0.1) is 12.1 Å². The van der Waals surface area contributed by atoms with Gasteiger partial charge in [0.2, 0.25) is 0 Å². The van der Waals surface area contributed by atoms with Gasteiger partial charge < -0.3 is 15.3 Å². The Morgan fingerprint density at radius 3 is 2.59 bits per heavy atom. The molecule has 1 aliphatic carbocycles. The lowest BCUT2D eigenvalue weighted by Gasteiger charge is -2.24. The van der Waals surface area contributed by atoms with Crippen LogP contribution in [0.25, 0.3) is 0 Å². The number of carbonyl (C=O) groups excluding carboxylic acids is 1. The fourth-order valence-corrected chi connectivity index (χ4v) is 3.05. The molecule has 2 atom stereocenters. The number of aliphatic hydroxyl groups is 1. The summed E-state index contributed by atoms with van der Waals surface area (Å²) >= 11 is 1.81. The van der Waals surface area contributed by atoms with Crippen LogP contribution in [0.2, 0.25) is 0 Å². The monoisotopic (exact) mass is 322 g/mol. The molecule has 0 aromatic heterocycles. The van der Waals surface area contributed by atoms with Crippen molar-refractivity contribution < 1.29 is 9.90 Å². The van der Waals surface area contributed by atoms with E-state index in [2.05, 4.69) is 36.5 Å². The summed E-state index contributed by atoms with van der Waals surface area (Å²) in [7, 11) is 1.73. The molecule has 0 aliphatic heterocycles. The number of hydrogen-bond donors (Lipinski definition) is 2. The van der Waals surface area contributed by atoms with Crippen LogP contribution in [0.3, 0.4) is 0 Å². The lowest BCUT2D eigenvalue weighted by molar-refractivity contribution is 0.113. The van der Waals surface area contributed by atoms with Crippen LogP contribution in [0, 0.1) is 5.92 Å². The molecule has 4 nitrogen and oxygen atoms in total. The normalized spacial score (nSPS) is 16.9. The molecule has 2 unspecified atom stereocenters. The topological polar surface area (TPSA) is 52.6 Å². The second-order valence-corrected chi connectivity index (χ2v) is 7.30. The molecule has 1 aromatic carbocycles. The van der Waals surface area contributed by atoms with Crippen LogP contribution in [0.4, 0.5) is 4.79 Å². The Morgan fingerprint density at radius 1 is 1.41 bits per heavy atom. The maximum Gasteiger partial charge on any atom is 0.317 e. The molecule has 2 rings (SSSR count). The predicted molar refractivity (Wildman–Crippen MR) is 91.1 cm³/mol. The van der Waals surface area contributed by atoms with Gasteiger partial charge in [0.25, 0.3) is 0 Å². The number of urea groups is 1. The maximum atomic E-state index is 12.2. The number of amides is 2. The van der Waals surface area contributed by atoms with E-state index < -0.39 is 6.10 Å². The number of nitrogens with one attached hydrogen (secondary N) is 1. The number of thioether (sulfide) groups is 1. The standard InChI is InChI=1S/C17H26N2O2S/c1-4-22-15-9-7-13(8-10-15)12(2)18-17(21)19(3)11-16(20)14-5-6-14/h7-10,12,14,16,20H,4-6,11H2,1-3H3,(H,18,21). The van der Waals surface area contributed by atoms with Crippen LogP contribution in [0.15, 0.2) is 29.2 Å². The summed E-state index contributed by atoms with van der Waals surface area (Å²) in [4.78, 5) is 15.0. The lowest BCUT2D eigenvalue weighted by atomic mass is 10.1. The highest BCUT2D eigenvalue weighted by Crippen LogP contribution is 2.32. The number of aliphatic hydroxyl groups excluding tert-OH is 1. The van der Waals surface area contributed by atoms with Crippen LogP contribution in [-0.4, -0.2) is 41.5 Å². The molecule has 1 aromatic rings. The van der Waals surface area contributed by atoms with Crippen molar-refractivity contribution in [2.24, 2.45) is 5.92 Å². The van der Waals surface area contributed by atoms with Crippen LogP contribution in [0.1, 0.15) is 38.3 Å². The third-order valence-electron chi connectivity index (χ3n) is 4.00. The maximum absolute atomic E-state index is 12.2. The summed E-state index contributed by atoms with van der Waals surface area (Å²) in [5.41, 5.74) is 1.09. The number of likely N-dealkylation sites (N-methyl/N-ethyl adjacent to an activating group) is 1. The van der Waals surface area contributed by atoms with Gasteiger partial charge in [0, 0.05) is 18.5 Å². The molecule has 1 aliphatic rings. The first-order valence-corrected chi connectivity index (χ1v) is 8.92. The molecule has 0 bridgehead atoms. The number of hydrogen-bond acceptors (Lipinski definition) is 3. The summed E-state index contributed by atoms with van der Waals surface area (Å²) < 4.78 is 0. The van der Waals surface area contributed by atoms with Gasteiger partial charge in [-0.05, 0) is 49.1 Å². The summed E-state index contributed by atoms with van der Waals surface area (Å²) in [5, 5.41) is 12.9. The molecule has 2 amide bonds. The second-order valence-electron chi connectivity index (χ2n) is 5.96. The van der Waals surface area contributed by atoms with Crippen molar-refractivity contribution in [3.8, 4) is 0 Å². The van der Waals surface area contributed by atoms with Crippen molar-refractivity contribution in [3.63, 3.8) is 0 Å². The Labute approximate surface area is 137 Å². The summed E-state index contributed by atoms with van der Waals surface area (Å²) in [6.45, 7) is 4.51. The SMILES string of the molecule is CCSc1ccc(C(C)NC(=O)N(C)CC(O)C2CC2)cc1. The van der Waals surface area contributed by atoms with Crippen LogP contribution < -0.4 is 5.32 Å². The third kappa shape index (κ3) is 4.92. The van der Waals surface area contributed by atoms with Crippen molar-refractivity contribution in [2.45, 2.75) is 43.7 Å². The highest BCUT2D eigenvalue weighted by molar-refractivity contribution is 7.99. The molecular formula is C17H26N2O2S. The Morgan fingerprint density at radius 2 is 2.05 bits per heavy atom. The lowest BCUT2D eigenvalue weighted by Crippen LogP contribution is -2.42. The van der Waals surface area contributed by atoms with Gasteiger partial charge in [-0.25, -0.2) is 4.79 Å². The van der Waals surface area contributed by atoms with Gasteiger partial charge in [-0.15, -0.1) is 11.8 Å². The van der Waals surface area contributed by atoms with Crippen molar-refractivity contribution in [2.75, 3.05) is 19.3 Å². The molecule has 0 spiro atoms. The number of carbonyl (C=O) groups is 1. The molecule has 0 heterocycles. The fraction of sp³-hybridized carbons (Fsp3) is 0.588. The van der Waals surface area contributed by atoms with E-state index in [0.29, 0.717) is 12.5 Å². The Bertz CT molecular complexity index is 488. The third-order valence-corrected chi connectivity index (χ3v) is 4.90. The van der Waals surface area contributed by atoms with E-state index in [1.807, 2.05) is 6.92 Å².